The monoisotopic (exact) mass is 224 g/mol. The Balaban J connectivity index is 2.59. The molecule has 0 aliphatic carbocycles. The molecule has 0 radical (unpaired) electrons. The van der Waals surface area contributed by atoms with E-state index in [4.69, 9.17) is 16.0 Å². The Labute approximate surface area is 90.3 Å². The molecule has 0 unspecified atom stereocenters. The van der Waals surface area contributed by atoms with E-state index in [1.54, 1.807) is 6.07 Å². The molecular formula is C11H6ClFO2. The van der Waals surface area contributed by atoms with E-state index >= 15 is 0 Å². The second kappa shape index (κ2) is 3.87. The van der Waals surface area contributed by atoms with E-state index in [1.165, 1.54) is 24.5 Å². The van der Waals surface area contributed by atoms with Gasteiger partial charge in [-0.3, -0.25) is 4.79 Å². The molecule has 0 aliphatic rings. The Morgan fingerprint density at radius 1 is 1.27 bits per heavy atom. The molecule has 1 heterocycles. The number of halogens is 2. The standard InChI is InChI=1S/C11H6ClFO2/c12-7-1-2-8(10(13)5-7)9-3-4-15-11(9)6-14/h1-6H. The molecule has 15 heavy (non-hydrogen) atoms. The quantitative estimate of drug-likeness (QED) is 0.731. The summed E-state index contributed by atoms with van der Waals surface area (Å²) in [7, 11) is 0. The summed E-state index contributed by atoms with van der Waals surface area (Å²) in [6, 6.07) is 5.80. The molecule has 0 N–H and O–H groups in total. The first-order chi connectivity index (χ1) is 7.22. The van der Waals surface area contributed by atoms with Gasteiger partial charge < -0.3 is 4.42 Å². The van der Waals surface area contributed by atoms with Crippen molar-refractivity contribution in [3.05, 3.63) is 47.1 Å². The van der Waals surface area contributed by atoms with Crippen LogP contribution in [0.1, 0.15) is 10.6 Å². The maximum Gasteiger partial charge on any atom is 0.185 e. The van der Waals surface area contributed by atoms with E-state index in [1.807, 2.05) is 0 Å². The highest BCUT2D eigenvalue weighted by molar-refractivity contribution is 6.30. The van der Waals surface area contributed by atoms with Crippen molar-refractivity contribution in [2.24, 2.45) is 0 Å². The molecule has 0 aliphatic heterocycles. The number of furan rings is 1. The fourth-order valence-electron chi connectivity index (χ4n) is 1.34. The maximum absolute atomic E-state index is 13.5. The predicted octanol–water partition coefficient (Wildman–Crippen LogP) is 3.55. The number of carbonyl (C=O) groups is 1. The van der Waals surface area contributed by atoms with Gasteiger partial charge in [-0.1, -0.05) is 11.6 Å². The second-order valence-corrected chi connectivity index (χ2v) is 3.38. The highest BCUT2D eigenvalue weighted by Gasteiger charge is 2.12. The van der Waals surface area contributed by atoms with Crippen molar-refractivity contribution in [1.82, 2.24) is 0 Å². The number of rotatable bonds is 2. The highest BCUT2D eigenvalue weighted by Crippen LogP contribution is 2.28. The average molecular weight is 225 g/mol. The van der Waals surface area contributed by atoms with E-state index in [0.717, 1.165) is 0 Å². The molecule has 1 aromatic heterocycles. The minimum Gasteiger partial charge on any atom is -0.461 e. The molecule has 0 saturated heterocycles. The molecule has 76 valence electrons. The zero-order valence-electron chi connectivity index (χ0n) is 7.54. The van der Waals surface area contributed by atoms with Crippen LogP contribution in [0.25, 0.3) is 11.1 Å². The van der Waals surface area contributed by atoms with Crippen molar-refractivity contribution >= 4 is 17.9 Å². The Morgan fingerprint density at radius 2 is 2.07 bits per heavy atom. The first kappa shape index (κ1) is 9.93. The van der Waals surface area contributed by atoms with Crippen LogP contribution in [-0.2, 0) is 0 Å². The number of hydrogen-bond donors (Lipinski definition) is 0. The fourth-order valence-corrected chi connectivity index (χ4v) is 1.50. The van der Waals surface area contributed by atoms with Crippen LogP contribution in [-0.4, -0.2) is 6.29 Å². The lowest BCUT2D eigenvalue weighted by Gasteiger charge is -2.00. The summed E-state index contributed by atoms with van der Waals surface area (Å²) in [5, 5.41) is 0.312. The summed E-state index contributed by atoms with van der Waals surface area (Å²) in [4.78, 5) is 10.6. The predicted molar refractivity (Wildman–Crippen MR) is 54.5 cm³/mol. The Morgan fingerprint density at radius 3 is 2.73 bits per heavy atom. The molecule has 1 aromatic carbocycles. The minimum absolute atomic E-state index is 0.108. The SMILES string of the molecule is O=Cc1occc1-c1ccc(Cl)cc1F. The van der Waals surface area contributed by atoms with E-state index in [9.17, 15) is 9.18 Å². The lowest BCUT2D eigenvalue weighted by atomic mass is 10.1. The molecule has 2 aromatic rings. The number of benzene rings is 1. The maximum atomic E-state index is 13.5. The molecule has 0 amide bonds. The molecule has 0 fully saturated rings. The Bertz CT molecular complexity index is 505. The van der Waals surface area contributed by atoms with Crippen molar-refractivity contribution in [1.29, 1.82) is 0 Å². The van der Waals surface area contributed by atoms with E-state index in [0.29, 0.717) is 22.4 Å². The molecule has 2 rings (SSSR count). The van der Waals surface area contributed by atoms with Crippen LogP contribution in [0.15, 0.2) is 34.9 Å². The van der Waals surface area contributed by atoms with E-state index < -0.39 is 5.82 Å². The average Bonchev–Trinajstić information content (AvgIpc) is 2.65. The molecule has 0 atom stereocenters. The van der Waals surface area contributed by atoms with Crippen LogP contribution < -0.4 is 0 Å². The summed E-state index contributed by atoms with van der Waals surface area (Å²) < 4.78 is 18.4. The van der Waals surface area contributed by atoms with Crippen molar-refractivity contribution in [3.8, 4) is 11.1 Å². The largest absolute Gasteiger partial charge is 0.461 e. The fraction of sp³-hybridized carbons (Fsp3) is 0. The van der Waals surface area contributed by atoms with Gasteiger partial charge in [0.1, 0.15) is 5.82 Å². The van der Waals surface area contributed by atoms with Crippen molar-refractivity contribution in [2.45, 2.75) is 0 Å². The van der Waals surface area contributed by atoms with Crippen LogP contribution in [0.4, 0.5) is 4.39 Å². The molecule has 0 saturated carbocycles. The van der Waals surface area contributed by atoms with Crippen molar-refractivity contribution in [2.75, 3.05) is 0 Å². The van der Waals surface area contributed by atoms with Crippen LogP contribution in [0, 0.1) is 5.82 Å². The molecule has 4 heteroatoms. The van der Waals surface area contributed by atoms with Crippen molar-refractivity contribution in [3.63, 3.8) is 0 Å². The van der Waals surface area contributed by atoms with Gasteiger partial charge in [-0.2, -0.15) is 0 Å². The lowest BCUT2D eigenvalue weighted by molar-refractivity contribution is 0.110. The van der Waals surface area contributed by atoms with Crippen LogP contribution in [0.2, 0.25) is 5.02 Å². The van der Waals surface area contributed by atoms with Gasteiger partial charge in [-0.05, 0) is 24.3 Å². The summed E-state index contributed by atoms with van der Waals surface area (Å²) in [6.07, 6.45) is 1.89. The van der Waals surface area contributed by atoms with Gasteiger partial charge in [0.25, 0.3) is 0 Å². The van der Waals surface area contributed by atoms with Crippen LogP contribution in [0.5, 0.6) is 0 Å². The number of carbonyl (C=O) groups excluding carboxylic acids is 1. The van der Waals surface area contributed by atoms with Gasteiger partial charge in [-0.15, -0.1) is 0 Å². The van der Waals surface area contributed by atoms with Gasteiger partial charge in [0.15, 0.2) is 12.0 Å². The molecule has 2 nitrogen and oxygen atoms in total. The third-order valence-electron chi connectivity index (χ3n) is 2.02. The highest BCUT2D eigenvalue weighted by atomic mass is 35.5. The summed E-state index contributed by atoms with van der Waals surface area (Å²) in [6.45, 7) is 0. The second-order valence-electron chi connectivity index (χ2n) is 2.94. The van der Waals surface area contributed by atoms with E-state index in [-0.39, 0.29) is 5.76 Å². The van der Waals surface area contributed by atoms with Crippen LogP contribution >= 0.6 is 11.6 Å². The Hall–Kier alpha value is -1.61. The first-order valence-corrected chi connectivity index (χ1v) is 4.58. The van der Waals surface area contributed by atoms with Gasteiger partial charge >= 0.3 is 0 Å². The summed E-state index contributed by atoms with van der Waals surface area (Å²) >= 11 is 5.62. The smallest absolute Gasteiger partial charge is 0.185 e. The zero-order valence-corrected chi connectivity index (χ0v) is 8.29. The van der Waals surface area contributed by atoms with Gasteiger partial charge in [0.05, 0.1) is 6.26 Å². The summed E-state index contributed by atoms with van der Waals surface area (Å²) in [5.74, 6) is -0.372. The molecule has 0 spiro atoms. The molecular weight excluding hydrogens is 219 g/mol. The summed E-state index contributed by atoms with van der Waals surface area (Å²) in [5.41, 5.74) is 0.731. The minimum atomic E-state index is -0.480. The van der Waals surface area contributed by atoms with Crippen LogP contribution in [0.3, 0.4) is 0 Å². The normalized spacial score (nSPS) is 10.3. The first-order valence-electron chi connectivity index (χ1n) is 4.20. The lowest BCUT2D eigenvalue weighted by Crippen LogP contribution is -1.86. The number of hydrogen-bond acceptors (Lipinski definition) is 2. The molecule has 0 bridgehead atoms. The van der Waals surface area contributed by atoms with Gasteiger partial charge in [0, 0.05) is 16.1 Å². The van der Waals surface area contributed by atoms with Crippen molar-refractivity contribution < 1.29 is 13.6 Å². The zero-order chi connectivity index (χ0) is 10.8. The third-order valence-corrected chi connectivity index (χ3v) is 2.26. The Kier molecular flexibility index (Phi) is 2.56. The third kappa shape index (κ3) is 1.78. The van der Waals surface area contributed by atoms with E-state index in [2.05, 4.69) is 0 Å². The number of aldehydes is 1. The van der Waals surface area contributed by atoms with Gasteiger partial charge in [-0.25, -0.2) is 4.39 Å². The topological polar surface area (TPSA) is 30.2 Å². The van der Waals surface area contributed by atoms with Gasteiger partial charge in [0.2, 0.25) is 0 Å².